The third-order valence-corrected chi connectivity index (χ3v) is 3.37. The van der Waals surface area contributed by atoms with Crippen molar-refractivity contribution in [1.82, 2.24) is 0 Å². The molecular weight excluding hydrogens is 355 g/mol. The van der Waals surface area contributed by atoms with Gasteiger partial charge in [-0.3, -0.25) is 0 Å². The molecule has 0 radical (unpaired) electrons. The Morgan fingerprint density at radius 2 is 1.89 bits per heavy atom. The van der Waals surface area contributed by atoms with Crippen LogP contribution in [0.2, 0.25) is 0 Å². The third-order valence-electron chi connectivity index (χ3n) is 2.65. The van der Waals surface area contributed by atoms with Gasteiger partial charge in [0.05, 0.1) is 12.2 Å². The molecule has 0 saturated carbocycles. The van der Waals surface area contributed by atoms with Crippen LogP contribution in [0.4, 0.5) is 0 Å². The molecule has 0 unspecified atom stereocenters. The Labute approximate surface area is 125 Å². The maximum atomic E-state index is 10.8. The average molecular weight is 368 g/mol. The van der Waals surface area contributed by atoms with E-state index in [-0.39, 0.29) is 0 Å². The quantitative estimate of drug-likeness (QED) is 0.821. The molecule has 2 rings (SSSR count). The molecule has 1 N–H and O–H groups in total. The van der Waals surface area contributed by atoms with Crippen molar-refractivity contribution in [2.75, 3.05) is 6.61 Å². The maximum Gasteiger partial charge on any atom is 0.335 e. The standard InChI is InChI=1S/C15H13IO3/c16-13-4-6-14(7-5-13)19-9-8-11-2-1-3-12(10-11)15(17)18/h1-7,10H,8-9H2,(H,17,18). The number of rotatable bonds is 5. The average Bonchev–Trinajstić information content (AvgIpc) is 2.41. The second-order valence-corrected chi connectivity index (χ2v) is 5.30. The summed E-state index contributed by atoms with van der Waals surface area (Å²) in [5.74, 6) is -0.0739. The number of halogens is 1. The lowest BCUT2D eigenvalue weighted by Crippen LogP contribution is -2.03. The van der Waals surface area contributed by atoms with Gasteiger partial charge in [-0.25, -0.2) is 4.79 Å². The Hall–Kier alpha value is -1.56. The van der Waals surface area contributed by atoms with Crippen LogP contribution in [-0.2, 0) is 6.42 Å². The highest BCUT2D eigenvalue weighted by molar-refractivity contribution is 14.1. The van der Waals surface area contributed by atoms with Gasteiger partial charge in [0.1, 0.15) is 5.75 Å². The van der Waals surface area contributed by atoms with Gasteiger partial charge in [0.2, 0.25) is 0 Å². The van der Waals surface area contributed by atoms with E-state index in [1.54, 1.807) is 18.2 Å². The molecule has 2 aromatic carbocycles. The summed E-state index contributed by atoms with van der Waals surface area (Å²) in [4.78, 5) is 10.8. The number of carbonyl (C=O) groups is 1. The largest absolute Gasteiger partial charge is 0.493 e. The predicted octanol–water partition coefficient (Wildman–Crippen LogP) is 3.61. The van der Waals surface area contributed by atoms with Crippen LogP contribution >= 0.6 is 22.6 Å². The lowest BCUT2D eigenvalue weighted by molar-refractivity contribution is 0.0696. The zero-order chi connectivity index (χ0) is 13.7. The zero-order valence-electron chi connectivity index (χ0n) is 10.2. The van der Waals surface area contributed by atoms with Crippen molar-refractivity contribution >= 4 is 28.6 Å². The fraction of sp³-hybridized carbons (Fsp3) is 0.133. The number of benzene rings is 2. The number of aromatic carboxylic acids is 1. The summed E-state index contributed by atoms with van der Waals surface area (Å²) < 4.78 is 6.78. The summed E-state index contributed by atoms with van der Waals surface area (Å²) in [6.45, 7) is 0.531. The number of hydrogen-bond acceptors (Lipinski definition) is 2. The fourth-order valence-electron chi connectivity index (χ4n) is 1.68. The van der Waals surface area contributed by atoms with E-state index in [0.29, 0.717) is 18.6 Å². The summed E-state index contributed by atoms with van der Waals surface area (Å²) in [5.41, 5.74) is 1.28. The molecule has 0 amide bonds. The normalized spacial score (nSPS) is 10.2. The van der Waals surface area contributed by atoms with Gasteiger partial charge < -0.3 is 9.84 Å². The number of ether oxygens (including phenoxy) is 1. The molecule has 0 aliphatic rings. The van der Waals surface area contributed by atoms with Crippen LogP contribution in [0.15, 0.2) is 48.5 Å². The topological polar surface area (TPSA) is 46.5 Å². The molecule has 0 atom stereocenters. The Morgan fingerprint density at radius 1 is 1.16 bits per heavy atom. The predicted molar refractivity (Wildman–Crippen MR) is 81.8 cm³/mol. The van der Waals surface area contributed by atoms with Crippen molar-refractivity contribution in [2.24, 2.45) is 0 Å². The molecule has 0 heterocycles. The zero-order valence-corrected chi connectivity index (χ0v) is 12.3. The van der Waals surface area contributed by atoms with Crippen molar-refractivity contribution in [3.8, 4) is 5.75 Å². The lowest BCUT2D eigenvalue weighted by Gasteiger charge is -2.06. The molecule has 0 aliphatic heterocycles. The first-order valence-corrected chi connectivity index (χ1v) is 6.93. The number of carboxylic acid groups (broad SMARTS) is 1. The van der Waals surface area contributed by atoms with E-state index in [2.05, 4.69) is 22.6 Å². The van der Waals surface area contributed by atoms with Gasteiger partial charge in [-0.2, -0.15) is 0 Å². The minimum absolute atomic E-state index is 0.312. The number of carboxylic acids is 1. The third kappa shape index (κ3) is 4.24. The van der Waals surface area contributed by atoms with E-state index < -0.39 is 5.97 Å². The molecule has 0 spiro atoms. The number of hydrogen-bond donors (Lipinski definition) is 1. The summed E-state index contributed by atoms with van der Waals surface area (Å²) in [7, 11) is 0. The fourth-order valence-corrected chi connectivity index (χ4v) is 2.04. The van der Waals surface area contributed by atoms with E-state index in [9.17, 15) is 4.79 Å². The lowest BCUT2D eigenvalue weighted by atomic mass is 10.1. The Kier molecular flexibility index (Phi) is 4.79. The summed E-state index contributed by atoms with van der Waals surface area (Å²) >= 11 is 2.24. The van der Waals surface area contributed by atoms with Gasteiger partial charge in [-0.05, 0) is 64.6 Å². The van der Waals surface area contributed by atoms with Gasteiger partial charge in [0.25, 0.3) is 0 Å². The molecule has 0 aromatic heterocycles. The smallest absolute Gasteiger partial charge is 0.335 e. The molecule has 0 aliphatic carbocycles. The molecule has 98 valence electrons. The van der Waals surface area contributed by atoms with Crippen LogP contribution in [0.3, 0.4) is 0 Å². The van der Waals surface area contributed by atoms with Crippen LogP contribution in [0.25, 0.3) is 0 Å². The molecule has 0 bridgehead atoms. The van der Waals surface area contributed by atoms with Gasteiger partial charge in [-0.1, -0.05) is 12.1 Å². The van der Waals surface area contributed by atoms with Gasteiger partial charge >= 0.3 is 5.97 Å². The van der Waals surface area contributed by atoms with Crippen LogP contribution in [0, 0.1) is 3.57 Å². The summed E-state index contributed by atoms with van der Waals surface area (Å²) in [5, 5.41) is 8.91. The van der Waals surface area contributed by atoms with Crippen LogP contribution < -0.4 is 4.74 Å². The van der Waals surface area contributed by atoms with E-state index in [1.165, 1.54) is 3.57 Å². The van der Waals surface area contributed by atoms with E-state index in [0.717, 1.165) is 11.3 Å². The minimum Gasteiger partial charge on any atom is -0.493 e. The first kappa shape index (κ1) is 13.9. The first-order valence-electron chi connectivity index (χ1n) is 5.86. The van der Waals surface area contributed by atoms with Gasteiger partial charge in [0, 0.05) is 9.99 Å². The van der Waals surface area contributed by atoms with Crippen molar-refractivity contribution in [2.45, 2.75) is 6.42 Å². The Morgan fingerprint density at radius 3 is 2.58 bits per heavy atom. The van der Waals surface area contributed by atoms with Crippen LogP contribution in [0.5, 0.6) is 5.75 Å². The van der Waals surface area contributed by atoms with Gasteiger partial charge in [-0.15, -0.1) is 0 Å². The monoisotopic (exact) mass is 368 g/mol. The summed E-state index contributed by atoms with van der Waals surface area (Å²) in [6.07, 6.45) is 0.688. The summed E-state index contributed by atoms with van der Waals surface area (Å²) in [6, 6.07) is 14.8. The second-order valence-electron chi connectivity index (χ2n) is 4.06. The highest BCUT2D eigenvalue weighted by atomic mass is 127. The van der Waals surface area contributed by atoms with E-state index >= 15 is 0 Å². The molecule has 3 nitrogen and oxygen atoms in total. The molecule has 0 fully saturated rings. The Bertz CT molecular complexity index is 564. The maximum absolute atomic E-state index is 10.8. The van der Waals surface area contributed by atoms with Crippen molar-refractivity contribution in [3.63, 3.8) is 0 Å². The van der Waals surface area contributed by atoms with Crippen molar-refractivity contribution in [1.29, 1.82) is 0 Å². The SMILES string of the molecule is O=C(O)c1cccc(CCOc2ccc(I)cc2)c1. The van der Waals surface area contributed by atoms with Crippen molar-refractivity contribution in [3.05, 3.63) is 63.2 Å². The Balaban J connectivity index is 1.90. The van der Waals surface area contributed by atoms with E-state index in [4.69, 9.17) is 9.84 Å². The van der Waals surface area contributed by atoms with Gasteiger partial charge in [0.15, 0.2) is 0 Å². The first-order chi connectivity index (χ1) is 9.15. The van der Waals surface area contributed by atoms with Crippen LogP contribution in [-0.4, -0.2) is 17.7 Å². The highest BCUT2D eigenvalue weighted by Gasteiger charge is 2.03. The van der Waals surface area contributed by atoms with E-state index in [1.807, 2.05) is 30.3 Å². The van der Waals surface area contributed by atoms with Crippen molar-refractivity contribution < 1.29 is 14.6 Å². The molecule has 4 heteroatoms. The van der Waals surface area contributed by atoms with Crippen LogP contribution in [0.1, 0.15) is 15.9 Å². The molecule has 0 saturated heterocycles. The molecule has 19 heavy (non-hydrogen) atoms. The molecule has 2 aromatic rings. The second kappa shape index (κ2) is 6.56. The highest BCUT2D eigenvalue weighted by Crippen LogP contribution is 2.14. The molecular formula is C15H13IO3. The minimum atomic E-state index is -0.902.